The number of carbonyl (C=O) groups is 1. The Morgan fingerprint density at radius 1 is 1.35 bits per heavy atom. The van der Waals surface area contributed by atoms with Gasteiger partial charge in [0.15, 0.2) is 5.78 Å². The standard InChI is InChI=1S/C18H22O5/c1-9(19)13-14(20)10-6-7-17(2,3)23-15(10)11-8-12(18(4,5)21)22-16(11)13/h6-7,12,20-21H,8H2,1-5H3. The fourth-order valence-electron chi connectivity index (χ4n) is 3.02. The minimum Gasteiger partial charge on any atom is -0.506 e. The van der Waals surface area contributed by atoms with Crippen molar-refractivity contribution < 1.29 is 24.5 Å². The minimum atomic E-state index is -1.07. The van der Waals surface area contributed by atoms with Gasteiger partial charge in [-0.1, -0.05) is 0 Å². The summed E-state index contributed by atoms with van der Waals surface area (Å²) in [7, 11) is 0. The topological polar surface area (TPSA) is 76.0 Å². The van der Waals surface area contributed by atoms with Gasteiger partial charge in [0, 0.05) is 12.0 Å². The molecule has 1 aromatic rings. The number of hydrogen-bond acceptors (Lipinski definition) is 5. The lowest BCUT2D eigenvalue weighted by atomic mass is 9.91. The van der Waals surface area contributed by atoms with Crippen molar-refractivity contribution in [1.29, 1.82) is 0 Å². The number of rotatable bonds is 2. The SMILES string of the molecule is CC(=O)c1c(O)c2c(c3c1OC(C(C)(C)O)C3)OC(C)(C)C=C2. The Hall–Kier alpha value is -2.01. The highest BCUT2D eigenvalue weighted by molar-refractivity contribution is 6.02. The summed E-state index contributed by atoms with van der Waals surface area (Å²) in [5, 5.41) is 20.8. The molecule has 2 N–H and O–H groups in total. The van der Waals surface area contributed by atoms with Crippen LogP contribution in [-0.2, 0) is 6.42 Å². The molecular formula is C18H22O5. The van der Waals surface area contributed by atoms with E-state index in [4.69, 9.17) is 9.47 Å². The first-order valence-corrected chi connectivity index (χ1v) is 7.71. The second-order valence-corrected chi connectivity index (χ2v) is 7.33. The second kappa shape index (κ2) is 4.74. The summed E-state index contributed by atoms with van der Waals surface area (Å²) in [5.74, 6) is 0.444. The zero-order chi connectivity index (χ0) is 17.2. The first-order valence-electron chi connectivity index (χ1n) is 7.71. The first-order chi connectivity index (χ1) is 10.5. The van der Waals surface area contributed by atoms with E-state index in [1.54, 1.807) is 19.9 Å². The van der Waals surface area contributed by atoms with Crippen molar-refractivity contribution in [3.8, 4) is 17.2 Å². The molecule has 0 aromatic heterocycles. The monoisotopic (exact) mass is 318 g/mol. The zero-order valence-electron chi connectivity index (χ0n) is 14.1. The van der Waals surface area contributed by atoms with Crippen LogP contribution in [0.2, 0.25) is 0 Å². The fraction of sp³-hybridized carbons (Fsp3) is 0.500. The largest absolute Gasteiger partial charge is 0.506 e. The average molecular weight is 318 g/mol. The van der Waals surface area contributed by atoms with Crippen LogP contribution >= 0.6 is 0 Å². The summed E-state index contributed by atoms with van der Waals surface area (Å²) in [6, 6.07) is 0. The zero-order valence-corrected chi connectivity index (χ0v) is 14.1. The van der Waals surface area contributed by atoms with Crippen LogP contribution in [0.1, 0.15) is 56.1 Å². The molecule has 0 spiro atoms. The summed E-state index contributed by atoms with van der Waals surface area (Å²) in [4.78, 5) is 12.0. The third kappa shape index (κ3) is 2.49. The van der Waals surface area contributed by atoms with Crippen LogP contribution in [0.4, 0.5) is 0 Å². The molecule has 5 heteroatoms. The molecule has 0 saturated heterocycles. The van der Waals surface area contributed by atoms with E-state index in [1.165, 1.54) is 6.92 Å². The van der Waals surface area contributed by atoms with Crippen molar-refractivity contribution in [2.24, 2.45) is 0 Å². The van der Waals surface area contributed by atoms with Crippen LogP contribution in [0.3, 0.4) is 0 Å². The third-order valence-corrected chi connectivity index (χ3v) is 4.32. The summed E-state index contributed by atoms with van der Waals surface area (Å²) < 4.78 is 11.9. The van der Waals surface area contributed by atoms with E-state index in [-0.39, 0.29) is 17.1 Å². The van der Waals surface area contributed by atoms with Gasteiger partial charge in [0.05, 0.1) is 11.2 Å². The molecule has 2 heterocycles. The molecular weight excluding hydrogens is 296 g/mol. The number of carbonyl (C=O) groups excluding carboxylic acids is 1. The van der Waals surface area contributed by atoms with Gasteiger partial charge in [-0.25, -0.2) is 0 Å². The summed E-state index contributed by atoms with van der Waals surface area (Å²) >= 11 is 0. The number of phenolic OH excluding ortho intramolecular Hbond substituents is 1. The molecule has 1 unspecified atom stereocenters. The van der Waals surface area contributed by atoms with Crippen LogP contribution in [0.25, 0.3) is 6.08 Å². The number of fused-ring (bicyclic) bond motifs is 3. The van der Waals surface area contributed by atoms with Gasteiger partial charge in [-0.3, -0.25) is 4.79 Å². The molecule has 3 rings (SSSR count). The Labute approximate surface area is 135 Å². The van der Waals surface area contributed by atoms with Crippen LogP contribution in [-0.4, -0.2) is 33.3 Å². The summed E-state index contributed by atoms with van der Waals surface area (Å²) in [5.41, 5.74) is -0.216. The maximum atomic E-state index is 12.0. The van der Waals surface area contributed by atoms with Crippen molar-refractivity contribution in [3.05, 3.63) is 22.8 Å². The average Bonchev–Trinajstić information content (AvgIpc) is 2.81. The molecule has 2 aliphatic heterocycles. The quantitative estimate of drug-likeness (QED) is 0.820. The molecule has 124 valence electrons. The van der Waals surface area contributed by atoms with Crippen molar-refractivity contribution in [3.63, 3.8) is 0 Å². The number of hydrogen-bond donors (Lipinski definition) is 2. The maximum absolute atomic E-state index is 12.0. The molecule has 0 aliphatic carbocycles. The van der Waals surface area contributed by atoms with Gasteiger partial charge in [0.25, 0.3) is 0 Å². The highest BCUT2D eigenvalue weighted by Crippen LogP contribution is 2.51. The number of aromatic hydroxyl groups is 1. The molecule has 0 bridgehead atoms. The lowest BCUT2D eigenvalue weighted by Gasteiger charge is -2.30. The van der Waals surface area contributed by atoms with Gasteiger partial charge in [0.1, 0.15) is 34.5 Å². The predicted octanol–water partition coefficient (Wildman–Crippen LogP) is 2.85. The number of ketones is 1. The number of benzene rings is 1. The van der Waals surface area contributed by atoms with E-state index in [9.17, 15) is 15.0 Å². The fourth-order valence-corrected chi connectivity index (χ4v) is 3.02. The summed E-state index contributed by atoms with van der Waals surface area (Å²) in [6.45, 7) is 8.54. The van der Waals surface area contributed by atoms with E-state index >= 15 is 0 Å². The van der Waals surface area contributed by atoms with E-state index < -0.39 is 17.3 Å². The lowest BCUT2D eigenvalue weighted by Crippen LogP contribution is -2.39. The number of Topliss-reactive ketones (excluding diaryl/α,β-unsaturated/α-hetero) is 1. The van der Waals surface area contributed by atoms with E-state index in [2.05, 4.69) is 0 Å². The van der Waals surface area contributed by atoms with Crippen LogP contribution in [0.15, 0.2) is 6.08 Å². The molecule has 2 aliphatic rings. The molecule has 0 amide bonds. The molecule has 5 nitrogen and oxygen atoms in total. The number of phenols is 1. The Morgan fingerprint density at radius 2 is 2.00 bits per heavy atom. The van der Waals surface area contributed by atoms with Crippen LogP contribution < -0.4 is 9.47 Å². The highest BCUT2D eigenvalue weighted by atomic mass is 16.5. The van der Waals surface area contributed by atoms with Crippen molar-refractivity contribution in [1.82, 2.24) is 0 Å². The summed E-state index contributed by atoms with van der Waals surface area (Å²) in [6.07, 6.45) is 3.54. The molecule has 1 atom stereocenters. The normalized spacial score (nSPS) is 21.2. The number of aliphatic hydroxyl groups is 1. The number of ether oxygens (including phenoxy) is 2. The van der Waals surface area contributed by atoms with Crippen LogP contribution in [0, 0.1) is 0 Å². The molecule has 0 saturated carbocycles. The Morgan fingerprint density at radius 3 is 2.57 bits per heavy atom. The second-order valence-electron chi connectivity index (χ2n) is 7.33. The highest BCUT2D eigenvalue weighted by Gasteiger charge is 2.42. The minimum absolute atomic E-state index is 0.130. The van der Waals surface area contributed by atoms with E-state index in [0.29, 0.717) is 23.5 Å². The van der Waals surface area contributed by atoms with Gasteiger partial charge in [-0.2, -0.15) is 0 Å². The van der Waals surface area contributed by atoms with Gasteiger partial charge in [0.2, 0.25) is 0 Å². The molecule has 1 aromatic carbocycles. The lowest BCUT2D eigenvalue weighted by molar-refractivity contribution is -0.0232. The Balaban J connectivity index is 2.24. The van der Waals surface area contributed by atoms with Gasteiger partial charge >= 0.3 is 0 Å². The Bertz CT molecular complexity index is 722. The van der Waals surface area contributed by atoms with Gasteiger partial charge in [-0.05, 0) is 46.8 Å². The molecule has 0 fully saturated rings. The first kappa shape index (κ1) is 15.9. The Kier molecular flexibility index (Phi) is 3.27. The van der Waals surface area contributed by atoms with Crippen molar-refractivity contribution >= 4 is 11.9 Å². The van der Waals surface area contributed by atoms with Crippen LogP contribution in [0.5, 0.6) is 17.2 Å². The maximum Gasteiger partial charge on any atom is 0.167 e. The van der Waals surface area contributed by atoms with Gasteiger partial charge in [-0.15, -0.1) is 0 Å². The van der Waals surface area contributed by atoms with Gasteiger partial charge < -0.3 is 19.7 Å². The predicted molar refractivity (Wildman–Crippen MR) is 86.3 cm³/mol. The smallest absolute Gasteiger partial charge is 0.167 e. The van der Waals surface area contributed by atoms with E-state index in [1.807, 2.05) is 19.9 Å². The van der Waals surface area contributed by atoms with E-state index in [0.717, 1.165) is 5.56 Å². The van der Waals surface area contributed by atoms with Crippen molar-refractivity contribution in [2.45, 2.75) is 58.3 Å². The molecule has 0 radical (unpaired) electrons. The third-order valence-electron chi connectivity index (χ3n) is 4.32. The molecule has 23 heavy (non-hydrogen) atoms. The van der Waals surface area contributed by atoms with Crippen molar-refractivity contribution in [2.75, 3.05) is 0 Å².